The third-order valence-corrected chi connectivity index (χ3v) is 5.56. The maximum absolute atomic E-state index is 12.4. The van der Waals surface area contributed by atoms with Gasteiger partial charge >= 0.3 is 11.7 Å². The Kier molecular flexibility index (Phi) is 6.88. The molecule has 0 atom stereocenters. The lowest BCUT2D eigenvalue weighted by molar-refractivity contribution is 0.147. The highest BCUT2D eigenvalue weighted by Crippen LogP contribution is 2.37. The van der Waals surface area contributed by atoms with Gasteiger partial charge in [0.2, 0.25) is 5.69 Å². The van der Waals surface area contributed by atoms with E-state index in [-0.39, 0.29) is 5.69 Å². The van der Waals surface area contributed by atoms with Crippen molar-refractivity contribution in [3.63, 3.8) is 0 Å². The number of carbonyl (C=O) groups is 1. The molecule has 0 unspecified atom stereocenters. The Morgan fingerprint density at radius 2 is 1.71 bits per heavy atom. The number of ether oxygens (including phenoxy) is 3. The number of methoxy groups -OCH3 is 1. The zero-order valence-corrected chi connectivity index (χ0v) is 20.2. The van der Waals surface area contributed by atoms with Crippen LogP contribution in [0.1, 0.15) is 0 Å². The van der Waals surface area contributed by atoms with Crippen molar-refractivity contribution in [2.75, 3.05) is 31.0 Å². The van der Waals surface area contributed by atoms with Crippen molar-refractivity contribution < 1.29 is 19.0 Å². The first-order valence-corrected chi connectivity index (χ1v) is 11.5. The van der Waals surface area contributed by atoms with Crippen LogP contribution in [0.4, 0.5) is 21.9 Å². The first-order chi connectivity index (χ1) is 18.5. The van der Waals surface area contributed by atoms with Crippen LogP contribution in [-0.2, 0) is 4.74 Å². The highest BCUT2D eigenvalue weighted by atomic mass is 16.5. The number of rotatable bonds is 8. The number of imidazole rings is 1. The second-order valence-corrected chi connectivity index (χ2v) is 8.14. The Morgan fingerprint density at radius 1 is 0.947 bits per heavy atom. The van der Waals surface area contributed by atoms with Crippen LogP contribution in [-0.4, -0.2) is 41.3 Å². The fourth-order valence-corrected chi connectivity index (χ4v) is 3.80. The van der Waals surface area contributed by atoms with E-state index in [1.54, 1.807) is 74.0 Å². The summed E-state index contributed by atoms with van der Waals surface area (Å²) in [6.45, 7) is 8.24. The van der Waals surface area contributed by atoms with Gasteiger partial charge in [-0.25, -0.2) is 14.4 Å². The number of pyridine rings is 1. The van der Waals surface area contributed by atoms with Gasteiger partial charge in [-0.3, -0.25) is 4.98 Å². The summed E-state index contributed by atoms with van der Waals surface area (Å²) in [4.78, 5) is 37.1. The van der Waals surface area contributed by atoms with Crippen molar-refractivity contribution >= 4 is 45.0 Å². The molecule has 11 heteroatoms. The van der Waals surface area contributed by atoms with Crippen LogP contribution in [0.25, 0.3) is 26.8 Å². The number of nitrogens with one attached hydrogen (secondary N) is 4. The molecule has 0 aliphatic heterocycles. The lowest BCUT2D eigenvalue weighted by Gasteiger charge is -2.13. The molecule has 38 heavy (non-hydrogen) atoms. The fraction of sp³-hybridized carbons (Fsp3) is 0.111. The van der Waals surface area contributed by atoms with Crippen LogP contribution >= 0.6 is 0 Å². The summed E-state index contributed by atoms with van der Waals surface area (Å²) in [6, 6.07) is 16.6. The number of hydrogen-bond donors (Lipinski definition) is 4. The highest BCUT2D eigenvalue weighted by Gasteiger charge is 2.12. The fourth-order valence-electron chi connectivity index (χ4n) is 3.80. The molecule has 5 rings (SSSR count). The van der Waals surface area contributed by atoms with E-state index in [1.165, 1.54) is 0 Å². The van der Waals surface area contributed by atoms with Crippen molar-refractivity contribution in [3.05, 3.63) is 88.8 Å². The van der Waals surface area contributed by atoms with Crippen LogP contribution in [0.3, 0.4) is 0 Å². The third-order valence-electron chi connectivity index (χ3n) is 5.56. The van der Waals surface area contributed by atoms with Gasteiger partial charge in [0.1, 0.15) is 23.9 Å². The molecule has 3 aromatic carbocycles. The average molecular weight is 511 g/mol. The maximum atomic E-state index is 12.4. The SMILES string of the molecule is [C-]#[N+]c1cc2c(Oc3ccc(NC(=O)Nc4ccc5[nH]c(=O)[nH]c5c4)cc3)ccnc2cc1OCCOC. The number of fused-ring (bicyclic) bond motifs is 2. The maximum Gasteiger partial charge on any atom is 0.323 e. The molecular weight excluding hydrogens is 488 g/mol. The summed E-state index contributed by atoms with van der Waals surface area (Å²) >= 11 is 0. The number of aromatic amines is 2. The Morgan fingerprint density at radius 3 is 2.50 bits per heavy atom. The quantitative estimate of drug-likeness (QED) is 0.163. The Hall–Kier alpha value is -5.34. The van der Waals surface area contributed by atoms with Crippen molar-refractivity contribution in [1.29, 1.82) is 0 Å². The summed E-state index contributed by atoms with van der Waals surface area (Å²) in [5.74, 6) is 1.50. The lowest BCUT2D eigenvalue weighted by Crippen LogP contribution is -2.19. The normalized spacial score (nSPS) is 10.7. The predicted octanol–water partition coefficient (Wildman–Crippen LogP) is 5.42. The van der Waals surface area contributed by atoms with E-state index in [1.807, 2.05) is 0 Å². The summed E-state index contributed by atoms with van der Waals surface area (Å²) in [5.41, 5.74) is 2.99. The molecule has 2 amide bonds. The number of hydrogen-bond acceptors (Lipinski definition) is 6. The van der Waals surface area contributed by atoms with Crippen molar-refractivity contribution in [2.45, 2.75) is 0 Å². The number of nitrogens with zero attached hydrogens (tertiary/aromatic N) is 2. The van der Waals surface area contributed by atoms with Gasteiger partial charge in [-0.1, -0.05) is 0 Å². The van der Waals surface area contributed by atoms with Gasteiger partial charge in [0.15, 0.2) is 0 Å². The molecule has 0 saturated carbocycles. The molecular formula is C27H22N6O5. The van der Waals surface area contributed by atoms with Gasteiger partial charge in [-0.15, -0.1) is 0 Å². The van der Waals surface area contributed by atoms with E-state index < -0.39 is 6.03 Å². The number of urea groups is 1. The third kappa shape index (κ3) is 5.40. The van der Waals surface area contributed by atoms with Gasteiger partial charge in [-0.2, -0.15) is 0 Å². The van der Waals surface area contributed by atoms with E-state index in [9.17, 15) is 9.59 Å². The molecule has 4 N–H and O–H groups in total. The van der Waals surface area contributed by atoms with E-state index in [2.05, 4.69) is 30.4 Å². The van der Waals surface area contributed by atoms with Gasteiger partial charge < -0.3 is 34.8 Å². The van der Waals surface area contributed by atoms with Crippen molar-refractivity contribution in [2.24, 2.45) is 0 Å². The number of benzene rings is 3. The first kappa shape index (κ1) is 24.4. The molecule has 0 radical (unpaired) electrons. The number of H-pyrrole nitrogens is 2. The van der Waals surface area contributed by atoms with E-state index >= 15 is 0 Å². The van der Waals surface area contributed by atoms with E-state index in [0.717, 1.165) is 0 Å². The minimum Gasteiger partial charge on any atom is -0.502 e. The summed E-state index contributed by atoms with van der Waals surface area (Å²) in [5, 5.41) is 6.15. The zero-order valence-electron chi connectivity index (χ0n) is 20.2. The molecule has 0 aliphatic carbocycles. The topological polar surface area (TPSA) is 135 Å². The van der Waals surface area contributed by atoms with E-state index in [4.69, 9.17) is 20.8 Å². The van der Waals surface area contributed by atoms with Crippen molar-refractivity contribution in [1.82, 2.24) is 15.0 Å². The summed E-state index contributed by atoms with van der Waals surface area (Å²) in [6.07, 6.45) is 1.62. The zero-order chi connectivity index (χ0) is 26.5. The summed E-state index contributed by atoms with van der Waals surface area (Å²) < 4.78 is 16.7. The molecule has 2 aromatic heterocycles. The molecule has 0 saturated heterocycles. The lowest BCUT2D eigenvalue weighted by atomic mass is 10.1. The molecule has 2 heterocycles. The van der Waals surface area contributed by atoms with E-state index in [0.29, 0.717) is 69.5 Å². The molecule has 0 fully saturated rings. The average Bonchev–Trinajstić information content (AvgIpc) is 3.29. The predicted molar refractivity (Wildman–Crippen MR) is 143 cm³/mol. The first-order valence-electron chi connectivity index (χ1n) is 11.5. The van der Waals surface area contributed by atoms with Gasteiger partial charge in [0.25, 0.3) is 0 Å². The Bertz CT molecular complexity index is 1720. The number of carbonyl (C=O) groups excluding carboxylic acids is 1. The Labute approximate surface area is 216 Å². The molecule has 5 aromatic rings. The largest absolute Gasteiger partial charge is 0.502 e. The monoisotopic (exact) mass is 510 g/mol. The van der Waals surface area contributed by atoms with Gasteiger partial charge in [0, 0.05) is 30.1 Å². The van der Waals surface area contributed by atoms with Gasteiger partial charge in [-0.05, 0) is 60.7 Å². The molecule has 190 valence electrons. The molecule has 0 bridgehead atoms. The van der Waals surface area contributed by atoms with Crippen molar-refractivity contribution in [3.8, 4) is 17.2 Å². The van der Waals surface area contributed by atoms with Crippen LogP contribution in [0.2, 0.25) is 0 Å². The molecule has 11 nitrogen and oxygen atoms in total. The Balaban J connectivity index is 1.27. The molecule has 0 aliphatic rings. The molecule has 0 spiro atoms. The minimum atomic E-state index is -0.439. The number of aromatic nitrogens is 3. The second-order valence-electron chi connectivity index (χ2n) is 8.14. The van der Waals surface area contributed by atoms with Crippen LogP contribution < -0.4 is 25.8 Å². The van der Waals surface area contributed by atoms with Crippen LogP contribution in [0.5, 0.6) is 17.2 Å². The smallest absolute Gasteiger partial charge is 0.323 e. The minimum absolute atomic E-state index is 0.313. The number of anilines is 2. The summed E-state index contributed by atoms with van der Waals surface area (Å²) in [7, 11) is 1.58. The highest BCUT2D eigenvalue weighted by molar-refractivity contribution is 6.00. The van der Waals surface area contributed by atoms with Crippen LogP contribution in [0.15, 0.2) is 71.7 Å². The standard InChI is InChI=1S/C27H22N6O5/c1-28-23-14-19-21(15-25(23)37-12-11-36-2)29-10-9-24(19)38-18-6-3-16(4-7-18)30-26(34)31-17-5-8-20-22(13-17)33-27(35)32-20/h3-10,13-15H,11-12H2,2H3,(H2,30,31,34)(H2,32,33,35). The van der Waals surface area contributed by atoms with Gasteiger partial charge in [0.05, 0.1) is 29.7 Å². The van der Waals surface area contributed by atoms with Crippen LogP contribution in [0, 0.1) is 6.57 Å². The second kappa shape index (κ2) is 10.7. The number of amides is 2.